The second kappa shape index (κ2) is 12.7. The summed E-state index contributed by atoms with van der Waals surface area (Å²) in [5.74, 6) is 0.0170. The first-order valence-corrected chi connectivity index (χ1v) is 13.4. The SMILES string of the molecule is CCOCCCN(CC(=O)N1CCc2sccc2C1c1ccccc1)C(=O)CCc1ccccc1. The maximum atomic E-state index is 13.7. The Kier molecular flexibility index (Phi) is 9.09. The molecular formula is C29H34N2O3S. The van der Waals surface area contributed by atoms with E-state index in [2.05, 4.69) is 23.6 Å². The van der Waals surface area contributed by atoms with Gasteiger partial charge in [0.25, 0.3) is 0 Å². The van der Waals surface area contributed by atoms with Crippen LogP contribution >= 0.6 is 11.3 Å². The minimum atomic E-state index is -0.108. The average Bonchev–Trinajstić information content (AvgIpc) is 3.38. The van der Waals surface area contributed by atoms with Crippen LogP contribution in [0.2, 0.25) is 0 Å². The molecule has 35 heavy (non-hydrogen) atoms. The average molecular weight is 491 g/mol. The van der Waals surface area contributed by atoms with Gasteiger partial charge in [0, 0.05) is 37.6 Å². The van der Waals surface area contributed by atoms with Crippen LogP contribution in [0.25, 0.3) is 0 Å². The van der Waals surface area contributed by atoms with Gasteiger partial charge in [-0.1, -0.05) is 60.7 Å². The molecule has 3 aromatic rings. The number of aryl methyl sites for hydroxylation is 1. The van der Waals surface area contributed by atoms with E-state index < -0.39 is 0 Å². The molecule has 0 bridgehead atoms. The lowest BCUT2D eigenvalue weighted by molar-refractivity contribution is -0.142. The topological polar surface area (TPSA) is 49.9 Å². The predicted octanol–water partition coefficient (Wildman–Crippen LogP) is 5.11. The van der Waals surface area contributed by atoms with E-state index in [0.717, 1.165) is 24.0 Å². The van der Waals surface area contributed by atoms with Crippen LogP contribution in [0.1, 0.15) is 47.4 Å². The van der Waals surface area contributed by atoms with Crippen molar-refractivity contribution >= 4 is 23.2 Å². The Morgan fingerprint density at radius 2 is 1.80 bits per heavy atom. The number of hydrogen-bond acceptors (Lipinski definition) is 4. The monoisotopic (exact) mass is 490 g/mol. The van der Waals surface area contributed by atoms with Gasteiger partial charge in [0.15, 0.2) is 0 Å². The van der Waals surface area contributed by atoms with E-state index in [1.54, 1.807) is 16.2 Å². The fourth-order valence-corrected chi connectivity index (χ4v) is 5.59. The first-order chi connectivity index (χ1) is 17.2. The molecule has 1 aliphatic heterocycles. The predicted molar refractivity (Wildman–Crippen MR) is 140 cm³/mol. The zero-order valence-corrected chi connectivity index (χ0v) is 21.2. The van der Waals surface area contributed by atoms with Gasteiger partial charge in [-0.05, 0) is 54.3 Å². The number of nitrogens with zero attached hydrogens (tertiary/aromatic N) is 2. The minimum absolute atomic E-state index is 0.000161. The van der Waals surface area contributed by atoms with Crippen molar-refractivity contribution in [3.05, 3.63) is 93.7 Å². The summed E-state index contributed by atoms with van der Waals surface area (Å²) in [7, 11) is 0. The fraction of sp³-hybridized carbons (Fsp3) is 0.379. The highest BCUT2D eigenvalue weighted by atomic mass is 32.1. The van der Waals surface area contributed by atoms with E-state index in [4.69, 9.17) is 4.74 Å². The third-order valence-corrected chi connectivity index (χ3v) is 7.47. The Hall–Kier alpha value is -2.96. The van der Waals surface area contributed by atoms with Gasteiger partial charge in [-0.15, -0.1) is 11.3 Å². The number of benzene rings is 2. The zero-order chi connectivity index (χ0) is 24.5. The standard InChI is InChI=1S/C29H34N2O3S/c1-2-34-20-9-18-30(27(32)15-14-23-10-5-3-6-11-23)22-28(33)31-19-16-26-25(17-21-35-26)29(31)24-12-7-4-8-13-24/h3-8,10-13,17,21,29H,2,9,14-16,18-20,22H2,1H3. The van der Waals surface area contributed by atoms with Crippen LogP contribution in [-0.4, -0.2) is 54.5 Å². The van der Waals surface area contributed by atoms with Crippen LogP contribution in [-0.2, 0) is 27.2 Å². The van der Waals surface area contributed by atoms with Crippen LogP contribution in [0.15, 0.2) is 72.1 Å². The molecule has 1 aromatic heterocycles. The maximum Gasteiger partial charge on any atom is 0.242 e. The summed E-state index contributed by atoms with van der Waals surface area (Å²) in [5, 5.41) is 2.11. The molecule has 0 saturated carbocycles. The molecule has 1 atom stereocenters. The van der Waals surface area contributed by atoms with Crippen LogP contribution in [0.3, 0.4) is 0 Å². The molecule has 5 nitrogen and oxygen atoms in total. The number of hydrogen-bond donors (Lipinski definition) is 0. The molecule has 0 spiro atoms. The summed E-state index contributed by atoms with van der Waals surface area (Å²) in [6, 6.07) is 22.3. The third-order valence-electron chi connectivity index (χ3n) is 6.47. The first kappa shape index (κ1) is 25.1. The summed E-state index contributed by atoms with van der Waals surface area (Å²) in [4.78, 5) is 32.0. The summed E-state index contributed by atoms with van der Waals surface area (Å²) in [6.45, 7) is 4.48. The smallest absolute Gasteiger partial charge is 0.242 e. The van der Waals surface area contributed by atoms with E-state index in [1.807, 2.05) is 60.4 Å². The quantitative estimate of drug-likeness (QED) is 0.351. The van der Waals surface area contributed by atoms with E-state index in [1.165, 1.54) is 10.4 Å². The minimum Gasteiger partial charge on any atom is -0.382 e. The Bertz CT molecular complexity index is 1080. The Morgan fingerprint density at radius 3 is 2.54 bits per heavy atom. The molecule has 184 valence electrons. The van der Waals surface area contributed by atoms with E-state index in [0.29, 0.717) is 39.1 Å². The summed E-state index contributed by atoms with van der Waals surface area (Å²) < 4.78 is 5.49. The highest BCUT2D eigenvalue weighted by Gasteiger charge is 2.33. The number of fused-ring (bicyclic) bond motifs is 1. The number of amides is 2. The number of carbonyl (C=O) groups is 2. The Morgan fingerprint density at radius 1 is 1.06 bits per heavy atom. The van der Waals surface area contributed by atoms with Crippen LogP contribution in [0.4, 0.5) is 0 Å². The Labute approximate surface area is 212 Å². The number of ether oxygens (including phenoxy) is 1. The summed E-state index contributed by atoms with van der Waals surface area (Å²) in [5.41, 5.74) is 3.45. The molecule has 0 aliphatic carbocycles. The zero-order valence-electron chi connectivity index (χ0n) is 20.4. The van der Waals surface area contributed by atoms with Crippen molar-refractivity contribution in [1.82, 2.24) is 9.80 Å². The highest BCUT2D eigenvalue weighted by molar-refractivity contribution is 7.10. The summed E-state index contributed by atoms with van der Waals surface area (Å²) in [6.07, 6.45) is 2.64. The number of carbonyl (C=O) groups excluding carboxylic acids is 2. The van der Waals surface area contributed by atoms with Crippen LogP contribution in [0.5, 0.6) is 0 Å². The molecule has 2 amide bonds. The van der Waals surface area contributed by atoms with Crippen molar-refractivity contribution in [3.63, 3.8) is 0 Å². The molecule has 6 heteroatoms. The number of thiophene rings is 1. The van der Waals surface area contributed by atoms with Crippen LogP contribution < -0.4 is 0 Å². The Balaban J connectivity index is 1.48. The van der Waals surface area contributed by atoms with Crippen molar-refractivity contribution in [2.24, 2.45) is 0 Å². The van der Waals surface area contributed by atoms with E-state index in [-0.39, 0.29) is 24.4 Å². The lowest BCUT2D eigenvalue weighted by atomic mass is 9.93. The molecule has 0 fully saturated rings. The van der Waals surface area contributed by atoms with Gasteiger partial charge in [-0.2, -0.15) is 0 Å². The van der Waals surface area contributed by atoms with Crippen molar-refractivity contribution < 1.29 is 14.3 Å². The lowest BCUT2D eigenvalue weighted by Gasteiger charge is -2.37. The van der Waals surface area contributed by atoms with Gasteiger partial charge in [0.05, 0.1) is 12.6 Å². The van der Waals surface area contributed by atoms with Gasteiger partial charge in [0.2, 0.25) is 11.8 Å². The fourth-order valence-electron chi connectivity index (χ4n) is 4.68. The molecule has 0 saturated heterocycles. The molecule has 0 N–H and O–H groups in total. The maximum absolute atomic E-state index is 13.7. The lowest BCUT2D eigenvalue weighted by Crippen LogP contribution is -2.47. The molecule has 2 heterocycles. The van der Waals surface area contributed by atoms with Crippen molar-refractivity contribution in [3.8, 4) is 0 Å². The molecular weight excluding hydrogens is 456 g/mol. The third kappa shape index (κ3) is 6.59. The van der Waals surface area contributed by atoms with Crippen molar-refractivity contribution in [2.75, 3.05) is 32.8 Å². The molecule has 2 aromatic carbocycles. The largest absolute Gasteiger partial charge is 0.382 e. The van der Waals surface area contributed by atoms with Gasteiger partial charge < -0.3 is 14.5 Å². The van der Waals surface area contributed by atoms with Gasteiger partial charge in [0.1, 0.15) is 0 Å². The van der Waals surface area contributed by atoms with E-state index in [9.17, 15) is 9.59 Å². The van der Waals surface area contributed by atoms with Gasteiger partial charge >= 0.3 is 0 Å². The van der Waals surface area contributed by atoms with E-state index >= 15 is 0 Å². The number of rotatable bonds is 11. The molecule has 1 unspecified atom stereocenters. The molecule has 0 radical (unpaired) electrons. The van der Waals surface area contributed by atoms with Crippen LogP contribution in [0, 0.1) is 0 Å². The van der Waals surface area contributed by atoms with Gasteiger partial charge in [-0.25, -0.2) is 0 Å². The van der Waals surface area contributed by atoms with Crippen molar-refractivity contribution in [1.29, 1.82) is 0 Å². The second-order valence-electron chi connectivity index (χ2n) is 8.80. The van der Waals surface area contributed by atoms with Crippen molar-refractivity contribution in [2.45, 2.75) is 38.6 Å². The summed E-state index contributed by atoms with van der Waals surface area (Å²) >= 11 is 1.76. The molecule has 4 rings (SSSR count). The van der Waals surface area contributed by atoms with Gasteiger partial charge in [-0.3, -0.25) is 9.59 Å². The highest BCUT2D eigenvalue weighted by Crippen LogP contribution is 2.37. The second-order valence-corrected chi connectivity index (χ2v) is 9.80. The normalized spacial score (nSPS) is 15.0. The molecule has 1 aliphatic rings. The first-order valence-electron chi connectivity index (χ1n) is 12.5.